The first-order chi connectivity index (χ1) is 7.72. The molecule has 2 aromatic rings. The Kier molecular flexibility index (Phi) is 2.14. The lowest BCUT2D eigenvalue weighted by atomic mass is 10.1. The van der Waals surface area contributed by atoms with E-state index in [2.05, 4.69) is 34.2 Å². The van der Waals surface area contributed by atoms with E-state index < -0.39 is 0 Å². The highest BCUT2D eigenvalue weighted by Crippen LogP contribution is 2.42. The van der Waals surface area contributed by atoms with Crippen molar-refractivity contribution >= 4 is 27.3 Å². The van der Waals surface area contributed by atoms with Gasteiger partial charge in [-0.2, -0.15) is 0 Å². The fraction of sp³-hybridized carbons (Fsp3) is 0.0769. The van der Waals surface area contributed by atoms with Gasteiger partial charge in [-0.3, -0.25) is 0 Å². The predicted octanol–water partition coefficient (Wildman–Crippen LogP) is 4.61. The van der Waals surface area contributed by atoms with Gasteiger partial charge in [-0.1, -0.05) is 22.0 Å². The van der Waals surface area contributed by atoms with Crippen molar-refractivity contribution in [2.24, 2.45) is 0 Å². The molecular formula is C13H10BrNO. The molecule has 0 bridgehead atoms. The first-order valence-corrected chi connectivity index (χ1v) is 5.87. The van der Waals surface area contributed by atoms with E-state index in [1.807, 2.05) is 30.3 Å². The topological polar surface area (TPSA) is 21.3 Å². The normalized spacial score (nSPS) is 12.1. The lowest BCUT2D eigenvalue weighted by Crippen LogP contribution is -2.02. The molecule has 0 fully saturated rings. The molecule has 1 aliphatic rings. The number of fused-ring (bicyclic) bond motifs is 2. The van der Waals surface area contributed by atoms with Gasteiger partial charge in [-0.25, -0.2) is 0 Å². The molecule has 0 aliphatic carbocycles. The van der Waals surface area contributed by atoms with Gasteiger partial charge >= 0.3 is 0 Å². The predicted molar refractivity (Wildman–Crippen MR) is 68.7 cm³/mol. The van der Waals surface area contributed by atoms with E-state index in [1.54, 1.807) is 0 Å². The van der Waals surface area contributed by atoms with Crippen LogP contribution in [0.4, 0.5) is 11.4 Å². The summed E-state index contributed by atoms with van der Waals surface area (Å²) in [4.78, 5) is 0. The number of hydrogen-bond acceptors (Lipinski definition) is 2. The Morgan fingerprint density at radius 1 is 1.00 bits per heavy atom. The number of aryl methyl sites for hydroxylation is 1. The van der Waals surface area contributed by atoms with Gasteiger partial charge in [0.05, 0.1) is 11.4 Å². The lowest BCUT2D eigenvalue weighted by molar-refractivity contribution is 0.480. The highest BCUT2D eigenvalue weighted by molar-refractivity contribution is 9.10. The second kappa shape index (κ2) is 3.52. The van der Waals surface area contributed by atoms with Crippen LogP contribution in [0.2, 0.25) is 0 Å². The molecule has 0 unspecified atom stereocenters. The van der Waals surface area contributed by atoms with E-state index in [9.17, 15) is 0 Å². The number of benzene rings is 2. The maximum absolute atomic E-state index is 5.83. The third kappa shape index (κ3) is 1.57. The molecule has 0 amide bonds. The minimum atomic E-state index is 0.862. The van der Waals surface area contributed by atoms with E-state index in [-0.39, 0.29) is 0 Å². The highest BCUT2D eigenvalue weighted by atomic mass is 79.9. The largest absolute Gasteiger partial charge is 0.453 e. The van der Waals surface area contributed by atoms with Crippen LogP contribution < -0.4 is 10.1 Å². The molecule has 0 spiro atoms. The molecule has 0 saturated heterocycles. The van der Waals surface area contributed by atoms with Gasteiger partial charge in [-0.05, 0) is 42.8 Å². The Morgan fingerprint density at radius 2 is 1.88 bits per heavy atom. The van der Waals surface area contributed by atoms with Crippen LogP contribution in [0.1, 0.15) is 5.56 Å². The summed E-state index contributed by atoms with van der Waals surface area (Å²) in [5.74, 6) is 1.75. The molecule has 80 valence electrons. The molecule has 16 heavy (non-hydrogen) atoms. The standard InChI is InChI=1S/C13H10BrNO/c1-8-2-4-10-13(6-8)16-12-5-3-9(14)7-11(12)15-10/h2-7,15H,1H3. The Labute approximate surface area is 102 Å². The van der Waals surface area contributed by atoms with Gasteiger partial charge in [-0.15, -0.1) is 0 Å². The lowest BCUT2D eigenvalue weighted by Gasteiger charge is -2.22. The molecule has 1 heterocycles. The summed E-state index contributed by atoms with van der Waals surface area (Å²) in [5.41, 5.74) is 3.20. The highest BCUT2D eigenvalue weighted by Gasteiger charge is 2.16. The van der Waals surface area contributed by atoms with E-state index in [1.165, 1.54) is 5.56 Å². The number of nitrogens with one attached hydrogen (secondary N) is 1. The average Bonchev–Trinajstić information content (AvgIpc) is 2.26. The van der Waals surface area contributed by atoms with Crippen LogP contribution in [0, 0.1) is 6.92 Å². The van der Waals surface area contributed by atoms with Gasteiger partial charge in [0.25, 0.3) is 0 Å². The van der Waals surface area contributed by atoms with Crippen molar-refractivity contribution in [2.45, 2.75) is 6.92 Å². The average molecular weight is 276 g/mol. The first kappa shape index (κ1) is 9.73. The van der Waals surface area contributed by atoms with E-state index in [0.29, 0.717) is 0 Å². The van der Waals surface area contributed by atoms with Gasteiger partial charge in [0.1, 0.15) is 0 Å². The van der Waals surface area contributed by atoms with Crippen molar-refractivity contribution in [3.8, 4) is 11.5 Å². The van der Waals surface area contributed by atoms with Crippen molar-refractivity contribution < 1.29 is 4.74 Å². The monoisotopic (exact) mass is 275 g/mol. The van der Waals surface area contributed by atoms with E-state index >= 15 is 0 Å². The zero-order chi connectivity index (χ0) is 11.1. The van der Waals surface area contributed by atoms with Crippen molar-refractivity contribution in [2.75, 3.05) is 5.32 Å². The first-order valence-electron chi connectivity index (χ1n) is 5.07. The molecule has 1 N–H and O–H groups in total. The summed E-state index contributed by atoms with van der Waals surface area (Å²) in [7, 11) is 0. The molecule has 0 saturated carbocycles. The number of halogens is 1. The Balaban J connectivity index is 2.09. The van der Waals surface area contributed by atoms with Gasteiger partial charge in [0.2, 0.25) is 0 Å². The summed E-state index contributed by atoms with van der Waals surface area (Å²) in [6, 6.07) is 12.1. The maximum atomic E-state index is 5.83. The van der Waals surface area contributed by atoms with Crippen molar-refractivity contribution in [3.05, 3.63) is 46.4 Å². The number of anilines is 2. The van der Waals surface area contributed by atoms with Crippen molar-refractivity contribution in [3.63, 3.8) is 0 Å². The second-order valence-electron chi connectivity index (χ2n) is 3.87. The van der Waals surface area contributed by atoms with Crippen LogP contribution in [-0.2, 0) is 0 Å². The Bertz CT molecular complexity index is 514. The number of hydrogen-bond donors (Lipinski definition) is 1. The quantitative estimate of drug-likeness (QED) is 0.647. The zero-order valence-electron chi connectivity index (χ0n) is 8.75. The third-order valence-corrected chi connectivity index (χ3v) is 3.06. The zero-order valence-corrected chi connectivity index (χ0v) is 10.3. The molecule has 3 heteroatoms. The second-order valence-corrected chi connectivity index (χ2v) is 4.78. The van der Waals surface area contributed by atoms with Gasteiger partial charge in [0.15, 0.2) is 11.5 Å². The third-order valence-electron chi connectivity index (χ3n) is 2.57. The molecule has 2 nitrogen and oxygen atoms in total. The van der Waals surface area contributed by atoms with Crippen LogP contribution in [-0.4, -0.2) is 0 Å². The summed E-state index contributed by atoms with van der Waals surface area (Å²) in [6.07, 6.45) is 0. The molecule has 0 aromatic heterocycles. The van der Waals surface area contributed by atoms with Crippen LogP contribution in [0.3, 0.4) is 0 Å². The van der Waals surface area contributed by atoms with Crippen molar-refractivity contribution in [1.29, 1.82) is 0 Å². The van der Waals surface area contributed by atoms with Gasteiger partial charge < -0.3 is 10.1 Å². The minimum Gasteiger partial charge on any atom is -0.453 e. The smallest absolute Gasteiger partial charge is 0.151 e. The summed E-state index contributed by atoms with van der Waals surface area (Å²) >= 11 is 3.45. The minimum absolute atomic E-state index is 0.862. The molecular weight excluding hydrogens is 266 g/mol. The van der Waals surface area contributed by atoms with Gasteiger partial charge in [0, 0.05) is 4.47 Å². The van der Waals surface area contributed by atoms with Crippen molar-refractivity contribution in [1.82, 2.24) is 0 Å². The molecule has 3 rings (SSSR count). The molecule has 2 aromatic carbocycles. The fourth-order valence-electron chi connectivity index (χ4n) is 1.77. The number of rotatable bonds is 0. The summed E-state index contributed by atoms with van der Waals surface area (Å²) < 4.78 is 6.87. The Hall–Kier alpha value is -1.48. The van der Waals surface area contributed by atoms with E-state index in [4.69, 9.17) is 4.74 Å². The van der Waals surface area contributed by atoms with Crippen LogP contribution in [0.15, 0.2) is 40.9 Å². The molecule has 0 radical (unpaired) electrons. The molecule has 1 aliphatic heterocycles. The van der Waals surface area contributed by atoms with Crippen LogP contribution >= 0.6 is 15.9 Å². The Morgan fingerprint density at radius 3 is 2.75 bits per heavy atom. The maximum Gasteiger partial charge on any atom is 0.151 e. The summed E-state index contributed by atoms with van der Waals surface area (Å²) in [6.45, 7) is 2.06. The number of ether oxygens (including phenoxy) is 1. The molecule has 0 atom stereocenters. The van der Waals surface area contributed by atoms with Crippen LogP contribution in [0.25, 0.3) is 0 Å². The SMILES string of the molecule is Cc1ccc2c(c1)Oc1ccc(Br)cc1N2. The fourth-order valence-corrected chi connectivity index (χ4v) is 2.13. The van der Waals surface area contributed by atoms with Crippen LogP contribution in [0.5, 0.6) is 11.5 Å². The summed E-state index contributed by atoms with van der Waals surface area (Å²) in [5, 5.41) is 3.35. The van der Waals surface area contributed by atoms with E-state index in [0.717, 1.165) is 27.3 Å².